The van der Waals surface area contributed by atoms with Crippen molar-refractivity contribution in [2.45, 2.75) is 47.1 Å². The van der Waals surface area contributed by atoms with Gasteiger partial charge in [0.25, 0.3) is 0 Å². The largest absolute Gasteiger partial charge is 0.309 e. The van der Waals surface area contributed by atoms with Gasteiger partial charge in [0.2, 0.25) is 0 Å². The van der Waals surface area contributed by atoms with Crippen molar-refractivity contribution in [2.24, 2.45) is 5.41 Å². The molecule has 0 saturated heterocycles. The summed E-state index contributed by atoms with van der Waals surface area (Å²) in [6.07, 6.45) is 1.10. The van der Waals surface area contributed by atoms with Crippen LogP contribution in [0.25, 0.3) is 0 Å². The minimum absolute atomic E-state index is 0.123. The van der Waals surface area contributed by atoms with Gasteiger partial charge in [0.15, 0.2) is 0 Å². The van der Waals surface area contributed by atoms with E-state index in [-0.39, 0.29) is 17.3 Å². The molecule has 0 bridgehead atoms. The molecule has 1 nitrogen and oxygen atoms in total. The molecule has 0 saturated carbocycles. The van der Waals surface area contributed by atoms with E-state index >= 15 is 0 Å². The monoisotopic (exact) mass is 237 g/mol. The van der Waals surface area contributed by atoms with E-state index in [0.29, 0.717) is 0 Å². The van der Waals surface area contributed by atoms with Crippen LogP contribution in [0.2, 0.25) is 0 Å². The summed E-state index contributed by atoms with van der Waals surface area (Å²) in [7, 11) is 0. The summed E-state index contributed by atoms with van der Waals surface area (Å²) in [6.45, 7) is 11.8. The quantitative estimate of drug-likeness (QED) is 0.826. The van der Waals surface area contributed by atoms with Gasteiger partial charge in [0, 0.05) is 6.04 Å². The van der Waals surface area contributed by atoms with Gasteiger partial charge < -0.3 is 5.32 Å². The van der Waals surface area contributed by atoms with Crippen LogP contribution in [0.4, 0.5) is 4.39 Å². The Kier molecular flexibility index (Phi) is 4.70. The lowest BCUT2D eigenvalue weighted by atomic mass is 9.81. The van der Waals surface area contributed by atoms with Crippen LogP contribution in [0, 0.1) is 18.2 Å². The molecule has 1 rings (SSSR count). The lowest BCUT2D eigenvalue weighted by Gasteiger charge is -2.33. The number of rotatable bonds is 4. The van der Waals surface area contributed by atoms with E-state index < -0.39 is 0 Å². The molecule has 1 unspecified atom stereocenters. The summed E-state index contributed by atoms with van der Waals surface area (Å²) in [5, 5.41) is 3.56. The molecule has 1 aromatic carbocycles. The first-order valence-electron chi connectivity index (χ1n) is 6.35. The van der Waals surface area contributed by atoms with E-state index in [1.54, 1.807) is 12.1 Å². The highest BCUT2D eigenvalue weighted by Gasteiger charge is 2.26. The van der Waals surface area contributed by atoms with Gasteiger partial charge in [-0.05, 0) is 48.6 Å². The zero-order chi connectivity index (χ0) is 13.1. The Bertz CT molecular complexity index is 366. The van der Waals surface area contributed by atoms with Crippen molar-refractivity contribution in [3.05, 3.63) is 35.1 Å². The first-order chi connectivity index (χ1) is 7.86. The number of halogens is 1. The fourth-order valence-electron chi connectivity index (χ4n) is 2.13. The second-order valence-electron chi connectivity index (χ2n) is 5.75. The second-order valence-corrected chi connectivity index (χ2v) is 5.75. The zero-order valence-electron chi connectivity index (χ0n) is 11.6. The van der Waals surface area contributed by atoms with Gasteiger partial charge in [0.05, 0.1) is 0 Å². The van der Waals surface area contributed by atoms with Crippen molar-refractivity contribution in [1.82, 2.24) is 5.32 Å². The summed E-state index contributed by atoms with van der Waals surface area (Å²) in [5.41, 5.74) is 2.35. The molecular formula is C15H24FN. The van der Waals surface area contributed by atoms with E-state index in [9.17, 15) is 4.39 Å². The molecule has 0 aliphatic heterocycles. The van der Waals surface area contributed by atoms with E-state index in [2.05, 4.69) is 33.0 Å². The van der Waals surface area contributed by atoms with E-state index in [1.165, 1.54) is 5.56 Å². The fourth-order valence-corrected chi connectivity index (χ4v) is 2.13. The summed E-state index contributed by atoms with van der Waals surface area (Å²) in [5.74, 6) is -0.158. The summed E-state index contributed by atoms with van der Waals surface area (Å²) in [4.78, 5) is 0. The molecule has 1 N–H and O–H groups in total. The second kappa shape index (κ2) is 5.63. The third kappa shape index (κ3) is 3.81. The highest BCUT2D eigenvalue weighted by Crippen LogP contribution is 2.34. The third-order valence-electron chi connectivity index (χ3n) is 3.01. The van der Waals surface area contributed by atoms with Crippen LogP contribution in [-0.2, 0) is 0 Å². The molecule has 0 fully saturated rings. The van der Waals surface area contributed by atoms with Gasteiger partial charge in [-0.1, -0.05) is 33.8 Å². The van der Waals surface area contributed by atoms with Gasteiger partial charge in [-0.25, -0.2) is 4.39 Å². The fraction of sp³-hybridized carbons (Fsp3) is 0.600. The molecule has 2 heteroatoms. The summed E-state index contributed by atoms with van der Waals surface area (Å²) in [6, 6.07) is 5.34. The van der Waals surface area contributed by atoms with E-state index in [4.69, 9.17) is 0 Å². The standard InChI is InChI=1S/C15H24FN/c1-6-9-17-14(15(3,4)5)13-8-7-12(16)10-11(13)2/h7-8,10,14,17H,6,9H2,1-5H3. The molecule has 0 aliphatic carbocycles. The SMILES string of the molecule is CCCNC(c1ccc(F)cc1C)C(C)(C)C. The van der Waals surface area contributed by atoms with E-state index in [0.717, 1.165) is 18.5 Å². The predicted molar refractivity (Wildman–Crippen MR) is 71.6 cm³/mol. The maximum atomic E-state index is 13.1. The average molecular weight is 237 g/mol. The Morgan fingerprint density at radius 1 is 1.29 bits per heavy atom. The molecule has 0 heterocycles. The Hall–Kier alpha value is -0.890. The normalized spacial score (nSPS) is 13.8. The number of aryl methyl sites for hydroxylation is 1. The minimum atomic E-state index is -0.158. The topological polar surface area (TPSA) is 12.0 Å². The Morgan fingerprint density at radius 3 is 2.41 bits per heavy atom. The van der Waals surface area contributed by atoms with Crippen molar-refractivity contribution in [3.8, 4) is 0 Å². The Balaban J connectivity index is 3.04. The average Bonchev–Trinajstić information content (AvgIpc) is 2.19. The Labute approximate surface area is 104 Å². The highest BCUT2D eigenvalue weighted by molar-refractivity contribution is 5.30. The molecular weight excluding hydrogens is 213 g/mol. The lowest BCUT2D eigenvalue weighted by Crippen LogP contribution is -2.33. The van der Waals surface area contributed by atoms with Gasteiger partial charge in [-0.3, -0.25) is 0 Å². The highest BCUT2D eigenvalue weighted by atomic mass is 19.1. The van der Waals surface area contributed by atoms with Gasteiger partial charge in [-0.2, -0.15) is 0 Å². The number of benzene rings is 1. The Morgan fingerprint density at radius 2 is 1.94 bits per heavy atom. The molecule has 0 aromatic heterocycles. The van der Waals surface area contributed by atoms with Crippen LogP contribution < -0.4 is 5.32 Å². The predicted octanol–water partition coefficient (Wildman–Crippen LogP) is 4.22. The van der Waals surface area contributed by atoms with Crippen molar-refractivity contribution in [3.63, 3.8) is 0 Å². The van der Waals surface area contributed by atoms with Crippen LogP contribution >= 0.6 is 0 Å². The first-order valence-corrected chi connectivity index (χ1v) is 6.35. The van der Waals surface area contributed by atoms with Crippen LogP contribution in [0.3, 0.4) is 0 Å². The maximum absolute atomic E-state index is 13.1. The van der Waals surface area contributed by atoms with Crippen molar-refractivity contribution in [2.75, 3.05) is 6.54 Å². The first kappa shape index (κ1) is 14.2. The van der Waals surface area contributed by atoms with Gasteiger partial charge >= 0.3 is 0 Å². The number of hydrogen-bond acceptors (Lipinski definition) is 1. The maximum Gasteiger partial charge on any atom is 0.123 e. The summed E-state index contributed by atoms with van der Waals surface area (Å²) >= 11 is 0. The number of nitrogens with one attached hydrogen (secondary N) is 1. The molecule has 1 atom stereocenters. The zero-order valence-corrected chi connectivity index (χ0v) is 11.6. The molecule has 0 radical (unpaired) electrons. The summed E-state index contributed by atoms with van der Waals surface area (Å²) < 4.78 is 13.1. The van der Waals surface area contributed by atoms with E-state index in [1.807, 2.05) is 13.0 Å². The van der Waals surface area contributed by atoms with Crippen LogP contribution in [-0.4, -0.2) is 6.54 Å². The molecule has 96 valence electrons. The molecule has 1 aromatic rings. The molecule has 17 heavy (non-hydrogen) atoms. The molecule has 0 aliphatic rings. The minimum Gasteiger partial charge on any atom is -0.309 e. The van der Waals surface area contributed by atoms with Gasteiger partial charge in [0.1, 0.15) is 5.82 Å². The van der Waals surface area contributed by atoms with Crippen LogP contribution in [0.15, 0.2) is 18.2 Å². The van der Waals surface area contributed by atoms with Crippen molar-refractivity contribution < 1.29 is 4.39 Å². The van der Waals surface area contributed by atoms with Crippen LogP contribution in [0.1, 0.15) is 51.3 Å². The third-order valence-corrected chi connectivity index (χ3v) is 3.01. The number of hydrogen-bond donors (Lipinski definition) is 1. The molecule has 0 amide bonds. The van der Waals surface area contributed by atoms with Gasteiger partial charge in [-0.15, -0.1) is 0 Å². The lowest BCUT2D eigenvalue weighted by molar-refractivity contribution is 0.272. The van der Waals surface area contributed by atoms with Crippen molar-refractivity contribution in [1.29, 1.82) is 0 Å². The molecule has 0 spiro atoms. The van der Waals surface area contributed by atoms with Crippen molar-refractivity contribution >= 4 is 0 Å². The van der Waals surface area contributed by atoms with Crippen LogP contribution in [0.5, 0.6) is 0 Å². The smallest absolute Gasteiger partial charge is 0.123 e.